The van der Waals surface area contributed by atoms with Gasteiger partial charge < -0.3 is 0 Å². The van der Waals surface area contributed by atoms with E-state index in [9.17, 15) is 8.78 Å². The number of hydrogen-bond acceptors (Lipinski definition) is 3. The van der Waals surface area contributed by atoms with E-state index in [2.05, 4.69) is 9.97 Å². The van der Waals surface area contributed by atoms with E-state index in [0.717, 1.165) is 11.3 Å². The van der Waals surface area contributed by atoms with Crippen LogP contribution >= 0.6 is 11.3 Å². The number of rotatable bonds is 1. The summed E-state index contributed by atoms with van der Waals surface area (Å²) < 4.78 is 25.0. The van der Waals surface area contributed by atoms with Gasteiger partial charge in [-0.15, -0.1) is 11.3 Å². The SMILES string of the molecule is FC(F)c1nc2ccncc2s1. The Morgan fingerprint density at radius 3 is 2.92 bits per heavy atom. The molecule has 0 saturated carbocycles. The number of thiazole rings is 1. The summed E-state index contributed by atoms with van der Waals surface area (Å²) in [7, 11) is 0. The van der Waals surface area contributed by atoms with Crippen molar-refractivity contribution in [3.8, 4) is 0 Å². The summed E-state index contributed by atoms with van der Waals surface area (Å²) >= 11 is 0.982. The number of aromatic nitrogens is 2. The van der Waals surface area contributed by atoms with Crippen LogP contribution in [0.3, 0.4) is 0 Å². The van der Waals surface area contributed by atoms with E-state index in [1.54, 1.807) is 12.3 Å². The Hall–Kier alpha value is -1.10. The molecule has 0 aliphatic rings. The largest absolute Gasteiger partial charge is 0.289 e. The first kappa shape index (κ1) is 7.54. The average molecular weight is 186 g/mol. The van der Waals surface area contributed by atoms with E-state index in [-0.39, 0.29) is 5.01 Å². The van der Waals surface area contributed by atoms with Crippen molar-refractivity contribution in [3.05, 3.63) is 23.5 Å². The molecule has 12 heavy (non-hydrogen) atoms. The van der Waals surface area contributed by atoms with Crippen molar-refractivity contribution >= 4 is 21.6 Å². The van der Waals surface area contributed by atoms with Crippen molar-refractivity contribution in [2.24, 2.45) is 0 Å². The van der Waals surface area contributed by atoms with Crippen molar-refractivity contribution in [3.63, 3.8) is 0 Å². The van der Waals surface area contributed by atoms with E-state index in [0.29, 0.717) is 10.2 Å². The fraction of sp³-hybridized carbons (Fsp3) is 0.143. The molecule has 2 nitrogen and oxygen atoms in total. The van der Waals surface area contributed by atoms with Crippen molar-refractivity contribution in [2.75, 3.05) is 0 Å². The lowest BCUT2D eigenvalue weighted by atomic mass is 10.4. The first-order valence-corrected chi connectivity index (χ1v) is 4.07. The predicted molar refractivity (Wildman–Crippen MR) is 42.4 cm³/mol. The second-order valence-corrected chi connectivity index (χ2v) is 3.26. The van der Waals surface area contributed by atoms with E-state index in [4.69, 9.17) is 0 Å². The summed E-state index contributed by atoms with van der Waals surface area (Å²) in [4.78, 5) is 7.55. The maximum absolute atomic E-state index is 12.1. The minimum atomic E-state index is -2.48. The molecule has 0 amide bonds. The molecule has 2 aromatic heterocycles. The molecule has 2 rings (SSSR count). The molecule has 0 radical (unpaired) electrons. The number of pyridine rings is 1. The normalized spacial score (nSPS) is 11.2. The zero-order chi connectivity index (χ0) is 8.55. The average Bonchev–Trinajstić information content (AvgIpc) is 2.46. The van der Waals surface area contributed by atoms with Gasteiger partial charge in [-0.1, -0.05) is 0 Å². The lowest BCUT2D eigenvalue weighted by Crippen LogP contribution is -1.78. The van der Waals surface area contributed by atoms with Crippen LogP contribution in [0.4, 0.5) is 8.78 Å². The van der Waals surface area contributed by atoms with Crippen LogP contribution in [0.2, 0.25) is 0 Å². The van der Waals surface area contributed by atoms with Crippen molar-refractivity contribution in [1.82, 2.24) is 9.97 Å². The van der Waals surface area contributed by atoms with Gasteiger partial charge in [0.1, 0.15) is 0 Å². The summed E-state index contributed by atoms with van der Waals surface area (Å²) in [6, 6.07) is 1.62. The maximum atomic E-state index is 12.1. The highest BCUT2D eigenvalue weighted by atomic mass is 32.1. The Labute approximate surface area is 70.9 Å². The summed E-state index contributed by atoms with van der Waals surface area (Å²) in [6.45, 7) is 0. The minimum absolute atomic E-state index is 0.141. The highest BCUT2D eigenvalue weighted by Gasteiger charge is 2.12. The van der Waals surface area contributed by atoms with Gasteiger partial charge in [0.2, 0.25) is 0 Å². The first-order chi connectivity index (χ1) is 5.77. The van der Waals surface area contributed by atoms with E-state index < -0.39 is 6.43 Å². The molecule has 0 unspecified atom stereocenters. The topological polar surface area (TPSA) is 25.8 Å². The fourth-order valence-electron chi connectivity index (χ4n) is 0.891. The zero-order valence-electron chi connectivity index (χ0n) is 5.87. The molecule has 0 aromatic carbocycles. The van der Waals surface area contributed by atoms with E-state index >= 15 is 0 Å². The molecule has 0 atom stereocenters. The molecule has 2 heterocycles. The summed E-state index contributed by atoms with van der Waals surface area (Å²) in [5, 5.41) is -0.141. The number of alkyl halides is 2. The lowest BCUT2D eigenvalue weighted by Gasteiger charge is -1.86. The third-order valence-electron chi connectivity index (χ3n) is 1.39. The van der Waals surface area contributed by atoms with E-state index in [1.807, 2.05) is 0 Å². The fourth-order valence-corrected chi connectivity index (χ4v) is 1.68. The molecule has 0 aliphatic carbocycles. The Balaban J connectivity index is 2.62. The van der Waals surface area contributed by atoms with E-state index in [1.165, 1.54) is 6.20 Å². The van der Waals surface area contributed by atoms with Crippen molar-refractivity contribution in [2.45, 2.75) is 6.43 Å². The highest BCUT2D eigenvalue weighted by Crippen LogP contribution is 2.27. The number of fused-ring (bicyclic) bond motifs is 1. The third kappa shape index (κ3) is 1.16. The smallest absolute Gasteiger partial charge is 0.263 e. The van der Waals surface area contributed by atoms with Crippen LogP contribution in [-0.2, 0) is 0 Å². The van der Waals surface area contributed by atoms with Crippen LogP contribution in [0, 0.1) is 0 Å². The maximum Gasteiger partial charge on any atom is 0.289 e. The van der Waals surface area contributed by atoms with Gasteiger partial charge in [-0.2, -0.15) is 0 Å². The van der Waals surface area contributed by atoms with Gasteiger partial charge in [0, 0.05) is 12.4 Å². The van der Waals surface area contributed by atoms with Crippen LogP contribution in [0.5, 0.6) is 0 Å². The minimum Gasteiger partial charge on any atom is -0.263 e. The monoisotopic (exact) mass is 186 g/mol. The Morgan fingerprint density at radius 1 is 1.42 bits per heavy atom. The van der Waals surface area contributed by atoms with Gasteiger partial charge in [-0.05, 0) is 6.07 Å². The molecule has 62 valence electrons. The molecule has 0 aliphatic heterocycles. The summed E-state index contributed by atoms with van der Waals surface area (Å²) in [6.07, 6.45) is 0.596. The number of nitrogens with zero attached hydrogens (tertiary/aromatic N) is 2. The molecule has 0 saturated heterocycles. The highest BCUT2D eigenvalue weighted by molar-refractivity contribution is 7.18. The van der Waals surface area contributed by atoms with Gasteiger partial charge in [0.05, 0.1) is 10.2 Å². The lowest BCUT2D eigenvalue weighted by molar-refractivity contribution is 0.151. The van der Waals surface area contributed by atoms with Gasteiger partial charge in [-0.25, -0.2) is 13.8 Å². The summed E-state index contributed by atoms with van der Waals surface area (Å²) in [5.41, 5.74) is 0.588. The van der Waals surface area contributed by atoms with Gasteiger partial charge in [0.25, 0.3) is 6.43 Å². The molecule has 0 bridgehead atoms. The third-order valence-corrected chi connectivity index (χ3v) is 2.41. The standard InChI is InChI=1S/C7H4F2N2S/c8-6(9)7-11-4-1-2-10-3-5(4)12-7/h1-3,6H. The van der Waals surface area contributed by atoms with Crippen LogP contribution in [-0.4, -0.2) is 9.97 Å². The van der Waals surface area contributed by atoms with Crippen LogP contribution in [0.15, 0.2) is 18.5 Å². The van der Waals surface area contributed by atoms with Gasteiger partial charge >= 0.3 is 0 Å². The molecule has 2 aromatic rings. The molecule has 0 spiro atoms. The molecular formula is C7H4F2N2S. The van der Waals surface area contributed by atoms with Crippen LogP contribution in [0.1, 0.15) is 11.4 Å². The second-order valence-electron chi connectivity index (χ2n) is 2.20. The first-order valence-electron chi connectivity index (χ1n) is 3.26. The summed E-state index contributed by atoms with van der Waals surface area (Å²) in [5.74, 6) is 0. The zero-order valence-corrected chi connectivity index (χ0v) is 6.68. The Bertz CT molecular complexity index is 366. The second kappa shape index (κ2) is 2.75. The molecule has 0 fully saturated rings. The molecule has 0 N–H and O–H groups in total. The Kier molecular flexibility index (Phi) is 1.73. The molecule has 5 heteroatoms. The van der Waals surface area contributed by atoms with Crippen LogP contribution < -0.4 is 0 Å². The van der Waals surface area contributed by atoms with Gasteiger partial charge in [-0.3, -0.25) is 4.98 Å². The molecular weight excluding hydrogens is 182 g/mol. The number of hydrogen-bond donors (Lipinski definition) is 0. The predicted octanol–water partition coefficient (Wildman–Crippen LogP) is 2.63. The van der Waals surface area contributed by atoms with Gasteiger partial charge in [0.15, 0.2) is 5.01 Å². The van der Waals surface area contributed by atoms with Crippen molar-refractivity contribution < 1.29 is 8.78 Å². The quantitative estimate of drug-likeness (QED) is 0.684. The number of halogens is 2. The Morgan fingerprint density at radius 2 is 2.25 bits per heavy atom. The van der Waals surface area contributed by atoms with Crippen LogP contribution in [0.25, 0.3) is 10.2 Å². The van der Waals surface area contributed by atoms with Crippen molar-refractivity contribution in [1.29, 1.82) is 0 Å².